The van der Waals surface area contributed by atoms with Gasteiger partial charge in [0.2, 0.25) is 0 Å². The Balaban J connectivity index is 1.86. The van der Waals surface area contributed by atoms with Gasteiger partial charge in [0.15, 0.2) is 5.82 Å². The second-order valence-electron chi connectivity index (χ2n) is 4.64. The summed E-state index contributed by atoms with van der Waals surface area (Å²) >= 11 is 7.82. The van der Waals surface area contributed by atoms with E-state index < -0.39 is 0 Å². The van der Waals surface area contributed by atoms with Crippen LogP contribution in [-0.2, 0) is 6.61 Å². The molecule has 3 nitrogen and oxygen atoms in total. The van der Waals surface area contributed by atoms with E-state index in [1.807, 2.05) is 13.8 Å². The molecule has 3 rings (SSSR count). The molecule has 0 N–H and O–H groups in total. The number of halogens is 2. The number of rotatable bonds is 3. The van der Waals surface area contributed by atoms with Crippen molar-refractivity contribution in [1.82, 2.24) is 9.97 Å². The molecule has 3 aromatic rings. The summed E-state index contributed by atoms with van der Waals surface area (Å²) in [6.45, 7) is 4.24. The van der Waals surface area contributed by atoms with Crippen LogP contribution in [0.25, 0.3) is 10.2 Å². The fraction of sp³-hybridized carbons (Fsp3) is 0.200. The van der Waals surface area contributed by atoms with E-state index in [0.717, 1.165) is 15.8 Å². The molecule has 0 fully saturated rings. The molecule has 6 heteroatoms. The summed E-state index contributed by atoms with van der Waals surface area (Å²) in [7, 11) is 0. The number of aryl methyl sites for hydroxylation is 2. The predicted molar refractivity (Wildman–Crippen MR) is 82.6 cm³/mol. The molecule has 2 aromatic heterocycles. The monoisotopic (exact) mass is 322 g/mol. The van der Waals surface area contributed by atoms with Crippen molar-refractivity contribution >= 4 is 33.2 Å². The third kappa shape index (κ3) is 2.84. The van der Waals surface area contributed by atoms with E-state index in [0.29, 0.717) is 16.7 Å². The molecule has 0 atom stereocenters. The van der Waals surface area contributed by atoms with Crippen LogP contribution in [0.15, 0.2) is 24.3 Å². The summed E-state index contributed by atoms with van der Waals surface area (Å²) in [4.78, 5) is 10.8. The van der Waals surface area contributed by atoms with Crippen molar-refractivity contribution in [1.29, 1.82) is 0 Å². The number of nitrogens with zero attached hydrogens (tertiary/aromatic N) is 2. The van der Waals surface area contributed by atoms with E-state index in [9.17, 15) is 4.39 Å². The van der Waals surface area contributed by atoms with E-state index in [4.69, 9.17) is 16.3 Å². The standard InChI is InChI=1S/C15H12ClFN2OS/c1-8-9(2)21-15-13(8)14(16)18-12(19-15)7-20-11-5-3-10(17)4-6-11/h3-6H,7H2,1-2H3. The van der Waals surface area contributed by atoms with Gasteiger partial charge in [0.25, 0.3) is 0 Å². The Morgan fingerprint density at radius 1 is 1.19 bits per heavy atom. The highest BCUT2D eigenvalue weighted by Crippen LogP contribution is 2.33. The molecule has 0 amide bonds. The number of benzene rings is 1. The van der Waals surface area contributed by atoms with Crippen molar-refractivity contribution in [3.63, 3.8) is 0 Å². The quantitative estimate of drug-likeness (QED) is 0.657. The second kappa shape index (κ2) is 5.58. The first-order valence-electron chi connectivity index (χ1n) is 6.35. The number of fused-ring (bicyclic) bond motifs is 1. The van der Waals surface area contributed by atoms with Crippen molar-refractivity contribution in [2.45, 2.75) is 20.5 Å². The molecule has 0 bridgehead atoms. The Morgan fingerprint density at radius 2 is 1.90 bits per heavy atom. The minimum Gasteiger partial charge on any atom is -0.486 e. The van der Waals surface area contributed by atoms with E-state index in [1.54, 1.807) is 23.5 Å². The molecule has 0 aliphatic rings. The molecular weight excluding hydrogens is 311 g/mol. The van der Waals surface area contributed by atoms with Gasteiger partial charge in [-0.1, -0.05) is 11.6 Å². The van der Waals surface area contributed by atoms with Gasteiger partial charge in [0.05, 0.1) is 5.39 Å². The lowest BCUT2D eigenvalue weighted by atomic mass is 10.2. The van der Waals surface area contributed by atoms with Crippen LogP contribution in [-0.4, -0.2) is 9.97 Å². The largest absolute Gasteiger partial charge is 0.486 e. The van der Waals surface area contributed by atoms with Gasteiger partial charge in [0.1, 0.15) is 28.2 Å². The Bertz CT molecular complexity index is 802. The maximum absolute atomic E-state index is 12.8. The van der Waals surface area contributed by atoms with Crippen molar-refractivity contribution in [2.75, 3.05) is 0 Å². The fourth-order valence-electron chi connectivity index (χ4n) is 1.99. The maximum atomic E-state index is 12.8. The summed E-state index contributed by atoms with van der Waals surface area (Å²) in [5, 5.41) is 1.35. The maximum Gasteiger partial charge on any atom is 0.169 e. The van der Waals surface area contributed by atoms with Crippen LogP contribution in [0.2, 0.25) is 5.15 Å². The van der Waals surface area contributed by atoms with E-state index in [2.05, 4.69) is 9.97 Å². The fourth-order valence-corrected chi connectivity index (χ4v) is 3.42. The van der Waals surface area contributed by atoms with Crippen LogP contribution in [0.5, 0.6) is 5.75 Å². The molecule has 1 aromatic carbocycles. The van der Waals surface area contributed by atoms with Gasteiger partial charge >= 0.3 is 0 Å². The second-order valence-corrected chi connectivity index (χ2v) is 6.20. The molecule has 0 spiro atoms. The van der Waals surface area contributed by atoms with Crippen molar-refractivity contribution in [3.8, 4) is 5.75 Å². The molecule has 108 valence electrons. The molecule has 0 saturated heterocycles. The summed E-state index contributed by atoms with van der Waals surface area (Å²) in [6, 6.07) is 5.82. The van der Waals surface area contributed by atoms with Gasteiger partial charge < -0.3 is 4.74 Å². The Hall–Kier alpha value is -1.72. The lowest BCUT2D eigenvalue weighted by Gasteiger charge is -2.06. The third-order valence-corrected chi connectivity index (χ3v) is 4.59. The number of hydrogen-bond acceptors (Lipinski definition) is 4. The van der Waals surface area contributed by atoms with E-state index in [1.165, 1.54) is 17.0 Å². The van der Waals surface area contributed by atoms with Gasteiger partial charge in [0, 0.05) is 4.88 Å². The molecule has 2 heterocycles. The molecular formula is C15H12ClFN2OS. The Morgan fingerprint density at radius 3 is 2.62 bits per heavy atom. The number of ether oxygens (including phenoxy) is 1. The smallest absolute Gasteiger partial charge is 0.169 e. The number of thiophene rings is 1. The zero-order valence-corrected chi connectivity index (χ0v) is 13.1. The molecule has 0 unspecified atom stereocenters. The number of aromatic nitrogens is 2. The lowest BCUT2D eigenvalue weighted by molar-refractivity contribution is 0.296. The van der Waals surface area contributed by atoms with Crippen LogP contribution in [0.1, 0.15) is 16.3 Å². The third-order valence-electron chi connectivity index (χ3n) is 3.21. The average molecular weight is 323 g/mol. The van der Waals surface area contributed by atoms with Crippen molar-refractivity contribution < 1.29 is 9.13 Å². The van der Waals surface area contributed by atoms with Crippen molar-refractivity contribution in [2.24, 2.45) is 0 Å². The Kier molecular flexibility index (Phi) is 3.78. The lowest BCUT2D eigenvalue weighted by Crippen LogP contribution is -2.01. The van der Waals surface area contributed by atoms with Crippen molar-refractivity contribution in [3.05, 3.63) is 51.5 Å². The van der Waals surface area contributed by atoms with Crippen LogP contribution in [0.4, 0.5) is 4.39 Å². The van der Waals surface area contributed by atoms with Gasteiger partial charge in [-0.15, -0.1) is 11.3 Å². The van der Waals surface area contributed by atoms with Crippen LogP contribution in [0.3, 0.4) is 0 Å². The van der Waals surface area contributed by atoms with Gasteiger partial charge in [-0.25, -0.2) is 14.4 Å². The topological polar surface area (TPSA) is 35.0 Å². The predicted octanol–water partition coefficient (Wildman–Crippen LogP) is 4.68. The normalized spacial score (nSPS) is 11.0. The molecule has 0 aliphatic carbocycles. The van der Waals surface area contributed by atoms with Crippen LogP contribution < -0.4 is 4.74 Å². The van der Waals surface area contributed by atoms with Crippen LogP contribution in [0, 0.1) is 19.7 Å². The molecule has 0 aliphatic heterocycles. The van der Waals surface area contributed by atoms with Gasteiger partial charge in [-0.2, -0.15) is 0 Å². The first kappa shape index (κ1) is 14.2. The Labute approximate surface area is 130 Å². The summed E-state index contributed by atoms with van der Waals surface area (Å²) in [6.07, 6.45) is 0. The average Bonchev–Trinajstić information content (AvgIpc) is 2.74. The van der Waals surface area contributed by atoms with Gasteiger partial charge in [-0.3, -0.25) is 0 Å². The zero-order valence-electron chi connectivity index (χ0n) is 11.5. The minimum atomic E-state index is -0.299. The summed E-state index contributed by atoms with van der Waals surface area (Å²) in [5.74, 6) is 0.778. The highest BCUT2D eigenvalue weighted by atomic mass is 35.5. The van der Waals surface area contributed by atoms with Crippen LogP contribution >= 0.6 is 22.9 Å². The molecule has 0 saturated carbocycles. The SMILES string of the molecule is Cc1sc2nc(COc3ccc(F)cc3)nc(Cl)c2c1C. The zero-order chi connectivity index (χ0) is 15.0. The molecule has 21 heavy (non-hydrogen) atoms. The first-order chi connectivity index (χ1) is 10.0. The highest BCUT2D eigenvalue weighted by molar-refractivity contribution is 7.18. The number of hydrogen-bond donors (Lipinski definition) is 0. The molecule has 0 radical (unpaired) electrons. The first-order valence-corrected chi connectivity index (χ1v) is 7.54. The van der Waals surface area contributed by atoms with E-state index >= 15 is 0 Å². The summed E-state index contributed by atoms with van der Waals surface area (Å²) in [5.41, 5.74) is 1.12. The minimum absolute atomic E-state index is 0.192. The highest BCUT2D eigenvalue weighted by Gasteiger charge is 2.13. The van der Waals surface area contributed by atoms with Gasteiger partial charge in [-0.05, 0) is 43.7 Å². The van der Waals surface area contributed by atoms with E-state index in [-0.39, 0.29) is 12.4 Å². The summed E-state index contributed by atoms with van der Waals surface area (Å²) < 4.78 is 18.4.